The van der Waals surface area contributed by atoms with E-state index < -0.39 is 33.6 Å². The molecule has 1 atom stereocenters. The van der Waals surface area contributed by atoms with E-state index in [2.05, 4.69) is 10.6 Å². The molecule has 1 rings (SSSR count). The lowest BCUT2D eigenvalue weighted by molar-refractivity contribution is -0.129. The summed E-state index contributed by atoms with van der Waals surface area (Å²) in [4.78, 5) is 25.1. The van der Waals surface area contributed by atoms with E-state index in [0.717, 1.165) is 43.3 Å². The van der Waals surface area contributed by atoms with Crippen LogP contribution in [0.25, 0.3) is 0 Å². The van der Waals surface area contributed by atoms with Crippen LogP contribution in [0.2, 0.25) is 0 Å². The topological polar surface area (TPSA) is 119 Å². The molecule has 0 aromatic carbocycles. The van der Waals surface area contributed by atoms with Crippen LogP contribution in [-0.4, -0.2) is 55.9 Å². The number of rotatable bonds is 6. The molecule has 0 spiro atoms. The predicted molar refractivity (Wildman–Crippen MR) is 85.0 cm³/mol. The van der Waals surface area contributed by atoms with Crippen LogP contribution in [0.15, 0.2) is 0 Å². The molecule has 1 saturated carbocycles. The molecule has 0 aromatic rings. The lowest BCUT2D eigenvalue weighted by Gasteiger charge is -2.25. The van der Waals surface area contributed by atoms with Crippen molar-refractivity contribution in [2.45, 2.75) is 51.1 Å². The van der Waals surface area contributed by atoms with Crippen LogP contribution >= 0.6 is 0 Å². The second-order valence-corrected chi connectivity index (χ2v) is 7.97. The minimum absolute atomic E-state index is 0.0379. The van der Waals surface area contributed by atoms with Gasteiger partial charge in [0.2, 0.25) is 0 Å². The quantitative estimate of drug-likeness (QED) is 0.532. The molecule has 0 heterocycles. The molecular weight excluding hydrogens is 320 g/mol. The van der Waals surface area contributed by atoms with Crippen molar-refractivity contribution in [1.82, 2.24) is 15.5 Å². The van der Waals surface area contributed by atoms with Gasteiger partial charge < -0.3 is 10.6 Å². The van der Waals surface area contributed by atoms with Crippen LogP contribution in [0, 0.1) is 11.5 Å². The monoisotopic (exact) mass is 344 g/mol. The molecule has 23 heavy (non-hydrogen) atoms. The molecule has 1 fully saturated rings. The Labute approximate surface area is 137 Å². The zero-order chi connectivity index (χ0) is 17.5. The normalized spacial score (nSPS) is 16.9. The average Bonchev–Trinajstić information content (AvgIpc) is 2.47. The van der Waals surface area contributed by atoms with E-state index in [9.17, 15) is 18.0 Å². The highest BCUT2D eigenvalue weighted by molar-refractivity contribution is 7.90. The zero-order valence-corrected chi connectivity index (χ0v) is 14.4. The minimum Gasteiger partial charge on any atom is -0.335 e. The summed E-state index contributed by atoms with van der Waals surface area (Å²) in [7, 11) is -3.50. The summed E-state index contributed by atoms with van der Waals surface area (Å²) < 4.78 is 23.0. The summed E-state index contributed by atoms with van der Waals surface area (Å²) in [6, 6.07) is -1.81. The van der Waals surface area contributed by atoms with Crippen molar-refractivity contribution in [3.05, 3.63) is 0 Å². The van der Waals surface area contributed by atoms with E-state index in [1.54, 1.807) is 13.1 Å². The molecule has 1 aliphatic rings. The Morgan fingerprint density at radius 1 is 1.30 bits per heavy atom. The predicted octanol–water partition coefficient (Wildman–Crippen LogP) is 0.361. The van der Waals surface area contributed by atoms with E-state index in [4.69, 9.17) is 5.26 Å². The van der Waals surface area contributed by atoms with E-state index in [1.165, 1.54) is 0 Å². The zero-order valence-electron chi connectivity index (χ0n) is 13.5. The number of sulfone groups is 1. The third-order valence-corrected chi connectivity index (χ3v) is 4.66. The maximum absolute atomic E-state index is 12.2. The Bertz CT molecular complexity index is 564. The van der Waals surface area contributed by atoms with Gasteiger partial charge in [-0.25, -0.2) is 18.1 Å². The summed E-state index contributed by atoms with van der Waals surface area (Å²) >= 11 is 0. The van der Waals surface area contributed by atoms with Crippen LogP contribution in [0.4, 0.5) is 4.79 Å². The fourth-order valence-electron chi connectivity index (χ4n) is 2.57. The number of carbonyl (C=O) groups excluding carboxylic acids is 2. The first-order valence-electron chi connectivity index (χ1n) is 7.72. The maximum atomic E-state index is 12.2. The van der Waals surface area contributed by atoms with Crippen molar-refractivity contribution >= 4 is 21.8 Å². The number of hydrogen-bond acceptors (Lipinski definition) is 5. The van der Waals surface area contributed by atoms with Crippen LogP contribution in [0.5, 0.6) is 0 Å². The van der Waals surface area contributed by atoms with Gasteiger partial charge in [-0.2, -0.15) is 5.26 Å². The molecule has 8 nitrogen and oxygen atoms in total. The average molecular weight is 344 g/mol. The molecule has 0 radical (unpaired) electrons. The van der Waals surface area contributed by atoms with E-state index >= 15 is 0 Å². The number of nitrogens with one attached hydrogen (secondary N) is 2. The van der Waals surface area contributed by atoms with Crippen LogP contribution < -0.4 is 10.6 Å². The van der Waals surface area contributed by atoms with Crippen LogP contribution in [-0.2, 0) is 14.6 Å². The van der Waals surface area contributed by atoms with E-state index in [-0.39, 0.29) is 12.6 Å². The molecule has 1 unspecified atom stereocenters. The Morgan fingerprint density at radius 3 is 2.39 bits per heavy atom. The first kappa shape index (κ1) is 19.2. The summed E-state index contributed by atoms with van der Waals surface area (Å²) in [5, 5.41) is 14.1. The number of urea groups is 1. The van der Waals surface area contributed by atoms with Gasteiger partial charge in [0, 0.05) is 18.8 Å². The van der Waals surface area contributed by atoms with Gasteiger partial charge >= 0.3 is 6.03 Å². The van der Waals surface area contributed by atoms with Gasteiger partial charge in [-0.15, -0.1) is 0 Å². The first-order chi connectivity index (χ1) is 10.8. The maximum Gasteiger partial charge on any atom is 0.315 e. The highest BCUT2D eigenvalue weighted by Gasteiger charge is 2.29. The van der Waals surface area contributed by atoms with Crippen LogP contribution in [0.1, 0.15) is 39.0 Å². The number of carbonyl (C=O) groups is 2. The number of hydrogen-bond donors (Lipinski definition) is 2. The molecule has 0 aliphatic heterocycles. The van der Waals surface area contributed by atoms with Gasteiger partial charge in [0.1, 0.15) is 15.9 Å². The molecule has 0 bridgehead atoms. The van der Waals surface area contributed by atoms with Crippen molar-refractivity contribution in [1.29, 1.82) is 5.26 Å². The third kappa shape index (κ3) is 6.86. The SMILES string of the molecule is CCN(C#N)C(=O)C(CS(C)(=O)=O)NC(=O)NC1CCCCC1. The molecular formula is C14H24N4O4S. The van der Waals surface area contributed by atoms with Gasteiger partial charge in [0.05, 0.1) is 5.75 Å². The summed E-state index contributed by atoms with van der Waals surface area (Å²) in [5.74, 6) is -1.26. The first-order valence-corrected chi connectivity index (χ1v) is 9.78. The number of amides is 3. The van der Waals surface area contributed by atoms with Gasteiger partial charge in [0.15, 0.2) is 6.19 Å². The highest BCUT2D eigenvalue weighted by atomic mass is 32.2. The fraction of sp³-hybridized carbons (Fsp3) is 0.786. The largest absolute Gasteiger partial charge is 0.335 e. The minimum atomic E-state index is -3.50. The Hall–Kier alpha value is -1.82. The number of likely N-dealkylation sites (N-methyl/N-ethyl adjacent to an activating group) is 1. The van der Waals surface area contributed by atoms with Crippen molar-refractivity contribution in [3.63, 3.8) is 0 Å². The molecule has 3 amide bonds. The van der Waals surface area contributed by atoms with Gasteiger partial charge in [-0.1, -0.05) is 19.3 Å². The Morgan fingerprint density at radius 2 is 1.91 bits per heavy atom. The van der Waals surface area contributed by atoms with Crippen molar-refractivity contribution < 1.29 is 18.0 Å². The highest BCUT2D eigenvalue weighted by Crippen LogP contribution is 2.17. The molecule has 0 saturated heterocycles. The molecule has 0 aromatic heterocycles. The number of nitriles is 1. The number of nitrogens with zero attached hydrogens (tertiary/aromatic N) is 2. The Balaban J connectivity index is 2.73. The smallest absolute Gasteiger partial charge is 0.315 e. The van der Waals surface area contributed by atoms with E-state index in [1.807, 2.05) is 0 Å². The summed E-state index contributed by atoms with van der Waals surface area (Å²) in [5.41, 5.74) is 0. The summed E-state index contributed by atoms with van der Waals surface area (Å²) in [6.45, 7) is 1.71. The van der Waals surface area contributed by atoms with E-state index in [0.29, 0.717) is 0 Å². The van der Waals surface area contributed by atoms with Crippen molar-refractivity contribution in [2.24, 2.45) is 0 Å². The lowest BCUT2D eigenvalue weighted by Crippen LogP contribution is -2.54. The Kier molecular flexibility index (Phi) is 7.29. The van der Waals surface area contributed by atoms with Gasteiger partial charge in [-0.05, 0) is 19.8 Å². The molecule has 1 aliphatic carbocycles. The summed E-state index contributed by atoms with van der Waals surface area (Å²) in [6.07, 6.45) is 7.63. The standard InChI is InChI=1S/C14H24N4O4S/c1-3-18(10-15)13(19)12(9-23(2,21)22)17-14(20)16-11-7-5-4-6-8-11/h11-12H,3-9H2,1-2H3,(H2,16,17,20). The molecule has 2 N–H and O–H groups in total. The van der Waals surface area contributed by atoms with Crippen LogP contribution in [0.3, 0.4) is 0 Å². The van der Waals surface area contributed by atoms with Gasteiger partial charge in [-0.3, -0.25) is 4.79 Å². The van der Waals surface area contributed by atoms with Gasteiger partial charge in [0.25, 0.3) is 5.91 Å². The van der Waals surface area contributed by atoms with Crippen molar-refractivity contribution in [2.75, 3.05) is 18.6 Å². The lowest BCUT2D eigenvalue weighted by atomic mass is 9.96. The third-order valence-electron chi connectivity index (χ3n) is 3.72. The molecule has 9 heteroatoms. The van der Waals surface area contributed by atoms with Crippen molar-refractivity contribution in [3.8, 4) is 6.19 Å². The fourth-order valence-corrected chi connectivity index (χ4v) is 3.41. The second-order valence-electron chi connectivity index (χ2n) is 5.78. The molecule has 130 valence electrons. The second kappa shape index (κ2) is 8.72.